The van der Waals surface area contributed by atoms with E-state index >= 15 is 0 Å². The van der Waals surface area contributed by atoms with Crippen LogP contribution in [-0.4, -0.2) is 24.0 Å². The zero-order chi connectivity index (χ0) is 27.1. The predicted molar refractivity (Wildman–Crippen MR) is 151 cm³/mol. The van der Waals surface area contributed by atoms with E-state index in [-0.39, 0.29) is 17.2 Å². The van der Waals surface area contributed by atoms with Gasteiger partial charge in [-0.25, -0.2) is 10.2 Å². The molecule has 0 saturated heterocycles. The number of rotatable bonds is 7. The third-order valence-electron chi connectivity index (χ3n) is 5.36. The third kappa shape index (κ3) is 6.94. The Kier molecular flexibility index (Phi) is 8.68. The van der Waals surface area contributed by atoms with Gasteiger partial charge in [0.15, 0.2) is 0 Å². The van der Waals surface area contributed by atoms with E-state index in [1.165, 1.54) is 6.21 Å². The van der Waals surface area contributed by atoms with Gasteiger partial charge < -0.3 is 10.1 Å². The summed E-state index contributed by atoms with van der Waals surface area (Å²) in [4.78, 5) is 38.1. The first-order chi connectivity index (χ1) is 18.3. The van der Waals surface area contributed by atoms with Crippen molar-refractivity contribution in [1.82, 2.24) is 5.43 Å². The van der Waals surface area contributed by atoms with Crippen molar-refractivity contribution in [2.24, 2.45) is 5.10 Å². The normalized spacial score (nSPS) is 10.7. The monoisotopic (exact) mass is 589 g/mol. The van der Waals surface area contributed by atoms with Gasteiger partial charge in [-0.3, -0.25) is 9.59 Å². The number of aryl methyl sites for hydroxylation is 1. The summed E-state index contributed by atoms with van der Waals surface area (Å²) in [5, 5.41) is 7.31. The van der Waals surface area contributed by atoms with Crippen molar-refractivity contribution >= 4 is 57.2 Å². The highest BCUT2D eigenvalue weighted by Gasteiger charge is 2.15. The highest BCUT2D eigenvalue weighted by molar-refractivity contribution is 9.10. The Balaban J connectivity index is 1.47. The first kappa shape index (κ1) is 26.8. The number of nitrogens with zero attached hydrogens (tertiary/aromatic N) is 1. The lowest BCUT2D eigenvalue weighted by Gasteiger charge is -2.10. The minimum Gasteiger partial charge on any atom is -0.422 e. The molecule has 7 nitrogen and oxygen atoms in total. The summed E-state index contributed by atoms with van der Waals surface area (Å²) in [6, 6.07) is 25.0. The fourth-order valence-electron chi connectivity index (χ4n) is 3.37. The van der Waals surface area contributed by atoms with Crippen molar-refractivity contribution < 1.29 is 19.1 Å². The van der Waals surface area contributed by atoms with Crippen LogP contribution >= 0.6 is 27.5 Å². The molecule has 0 radical (unpaired) electrons. The number of benzene rings is 4. The zero-order valence-corrected chi connectivity index (χ0v) is 22.4. The summed E-state index contributed by atoms with van der Waals surface area (Å²) in [5.41, 5.74) is 5.31. The highest BCUT2D eigenvalue weighted by atomic mass is 79.9. The number of carbonyl (C=O) groups is 3. The van der Waals surface area contributed by atoms with Gasteiger partial charge in [-0.05, 0) is 73.7 Å². The minimum absolute atomic E-state index is 0.230. The number of esters is 1. The van der Waals surface area contributed by atoms with Gasteiger partial charge in [0.25, 0.3) is 11.8 Å². The van der Waals surface area contributed by atoms with Crippen molar-refractivity contribution in [3.63, 3.8) is 0 Å². The van der Waals surface area contributed by atoms with Gasteiger partial charge in [0, 0.05) is 20.6 Å². The van der Waals surface area contributed by atoms with Gasteiger partial charge in [-0.2, -0.15) is 5.10 Å². The van der Waals surface area contributed by atoms with Crippen LogP contribution in [0.15, 0.2) is 101 Å². The molecular weight excluding hydrogens is 570 g/mol. The molecule has 0 unspecified atom stereocenters. The molecule has 0 spiro atoms. The van der Waals surface area contributed by atoms with Crippen LogP contribution in [0.1, 0.15) is 42.2 Å². The molecule has 0 heterocycles. The standard InChI is InChI=1S/C29H21BrClN3O4/c1-18-6-8-19(9-7-18)27(35)33-25-5-3-2-4-24(25)28(36)34-32-17-21-16-22(30)12-15-26(21)38-29(37)20-10-13-23(31)14-11-20/h2-17H,1H3,(H,33,35)(H,34,36)/b32-17-. The molecule has 4 rings (SSSR count). The molecule has 4 aromatic carbocycles. The number of anilines is 1. The van der Waals surface area contributed by atoms with Crippen LogP contribution in [0, 0.1) is 6.92 Å². The number of hydrogen-bond donors (Lipinski definition) is 2. The molecule has 0 aromatic heterocycles. The Bertz CT molecular complexity index is 1520. The van der Waals surface area contributed by atoms with Gasteiger partial charge >= 0.3 is 5.97 Å². The molecular formula is C29H21BrClN3O4. The van der Waals surface area contributed by atoms with Gasteiger partial charge in [0.05, 0.1) is 23.0 Å². The van der Waals surface area contributed by atoms with E-state index in [2.05, 4.69) is 31.8 Å². The number of halogens is 2. The van der Waals surface area contributed by atoms with E-state index in [4.69, 9.17) is 16.3 Å². The molecule has 0 bridgehead atoms. The van der Waals surface area contributed by atoms with E-state index in [1.54, 1.807) is 78.9 Å². The van der Waals surface area contributed by atoms with Crippen LogP contribution in [0.25, 0.3) is 0 Å². The molecule has 9 heteroatoms. The van der Waals surface area contributed by atoms with Gasteiger partial charge in [-0.1, -0.05) is 57.4 Å². The minimum atomic E-state index is -0.569. The molecule has 0 aliphatic heterocycles. The Morgan fingerprint density at radius 1 is 0.868 bits per heavy atom. The Labute approximate surface area is 232 Å². The number of hydrazone groups is 1. The summed E-state index contributed by atoms with van der Waals surface area (Å²) < 4.78 is 6.25. The highest BCUT2D eigenvalue weighted by Crippen LogP contribution is 2.23. The Morgan fingerprint density at radius 2 is 1.55 bits per heavy atom. The summed E-state index contributed by atoms with van der Waals surface area (Å²) in [5.74, 6) is -1.19. The maximum Gasteiger partial charge on any atom is 0.343 e. The van der Waals surface area contributed by atoms with Crippen LogP contribution in [0.5, 0.6) is 5.75 Å². The lowest BCUT2D eigenvalue weighted by atomic mass is 10.1. The topological polar surface area (TPSA) is 96.9 Å². The molecule has 0 atom stereocenters. The van der Waals surface area contributed by atoms with Crippen molar-refractivity contribution in [2.75, 3.05) is 5.32 Å². The molecule has 0 fully saturated rings. The van der Waals surface area contributed by atoms with E-state index < -0.39 is 11.9 Å². The summed E-state index contributed by atoms with van der Waals surface area (Å²) in [7, 11) is 0. The van der Waals surface area contributed by atoms with Crippen LogP contribution in [0.4, 0.5) is 5.69 Å². The van der Waals surface area contributed by atoms with Crippen LogP contribution in [0.3, 0.4) is 0 Å². The largest absolute Gasteiger partial charge is 0.422 e. The maximum atomic E-state index is 12.9. The molecule has 2 N–H and O–H groups in total. The summed E-state index contributed by atoms with van der Waals surface area (Å²) in [6.07, 6.45) is 1.36. The smallest absolute Gasteiger partial charge is 0.343 e. The van der Waals surface area contributed by atoms with E-state index in [0.29, 0.717) is 27.4 Å². The Hall–Kier alpha value is -4.27. The fraction of sp³-hybridized carbons (Fsp3) is 0.0345. The second-order valence-electron chi connectivity index (χ2n) is 8.14. The van der Waals surface area contributed by atoms with Crippen LogP contribution in [-0.2, 0) is 0 Å². The molecule has 4 aromatic rings. The second kappa shape index (κ2) is 12.3. The summed E-state index contributed by atoms with van der Waals surface area (Å²) in [6.45, 7) is 1.93. The quantitative estimate of drug-likeness (QED) is 0.109. The van der Waals surface area contributed by atoms with Gasteiger partial charge in [0.1, 0.15) is 5.75 Å². The SMILES string of the molecule is Cc1ccc(C(=O)Nc2ccccc2C(=O)N/N=C\c2cc(Br)ccc2OC(=O)c2ccc(Cl)cc2)cc1. The van der Waals surface area contributed by atoms with Crippen LogP contribution in [0.2, 0.25) is 5.02 Å². The lowest BCUT2D eigenvalue weighted by Crippen LogP contribution is -2.21. The van der Waals surface area contributed by atoms with E-state index in [1.807, 2.05) is 19.1 Å². The fourth-order valence-corrected chi connectivity index (χ4v) is 3.87. The number of hydrogen-bond acceptors (Lipinski definition) is 5. The van der Waals surface area contributed by atoms with Crippen molar-refractivity contribution in [2.45, 2.75) is 6.92 Å². The number of carbonyl (C=O) groups excluding carboxylic acids is 3. The molecule has 0 saturated carbocycles. The number of ether oxygens (including phenoxy) is 1. The average Bonchev–Trinajstić information content (AvgIpc) is 2.91. The van der Waals surface area contributed by atoms with Crippen molar-refractivity contribution in [1.29, 1.82) is 0 Å². The molecule has 190 valence electrons. The van der Waals surface area contributed by atoms with E-state index in [9.17, 15) is 14.4 Å². The molecule has 2 amide bonds. The summed E-state index contributed by atoms with van der Waals surface area (Å²) >= 11 is 9.27. The third-order valence-corrected chi connectivity index (χ3v) is 6.10. The van der Waals surface area contributed by atoms with E-state index in [0.717, 1.165) is 10.0 Å². The maximum absolute atomic E-state index is 12.9. The predicted octanol–water partition coefficient (Wildman–Crippen LogP) is 6.65. The van der Waals surface area contributed by atoms with Crippen LogP contribution < -0.4 is 15.5 Å². The first-order valence-electron chi connectivity index (χ1n) is 11.4. The molecule has 38 heavy (non-hydrogen) atoms. The average molecular weight is 591 g/mol. The lowest BCUT2D eigenvalue weighted by molar-refractivity contribution is 0.0733. The number of nitrogens with one attached hydrogen (secondary N) is 2. The Morgan fingerprint density at radius 3 is 2.29 bits per heavy atom. The van der Waals surface area contributed by atoms with Crippen molar-refractivity contribution in [3.05, 3.63) is 128 Å². The second-order valence-corrected chi connectivity index (χ2v) is 9.50. The molecule has 0 aliphatic rings. The molecule has 0 aliphatic carbocycles. The number of amides is 2. The first-order valence-corrected chi connectivity index (χ1v) is 12.5. The van der Waals surface area contributed by atoms with Gasteiger partial charge in [0.2, 0.25) is 0 Å². The van der Waals surface area contributed by atoms with Gasteiger partial charge in [-0.15, -0.1) is 0 Å². The van der Waals surface area contributed by atoms with Crippen molar-refractivity contribution in [3.8, 4) is 5.75 Å². The number of para-hydroxylation sites is 1. The zero-order valence-electron chi connectivity index (χ0n) is 20.1.